The molecule has 1 saturated heterocycles. The summed E-state index contributed by atoms with van der Waals surface area (Å²) in [5, 5.41) is 0. The van der Waals surface area contributed by atoms with Crippen LogP contribution in [0.2, 0.25) is 0 Å². The molecule has 0 atom stereocenters. The van der Waals surface area contributed by atoms with E-state index in [-0.39, 0.29) is 12.5 Å². The molecule has 1 aliphatic heterocycles. The number of para-hydroxylation sites is 1. The van der Waals surface area contributed by atoms with Crippen LogP contribution < -0.4 is 4.74 Å². The summed E-state index contributed by atoms with van der Waals surface area (Å²) in [5.74, 6) is 0.0661. The Bertz CT molecular complexity index is 1030. The summed E-state index contributed by atoms with van der Waals surface area (Å²) in [6.07, 6.45) is 3.30. The Morgan fingerprint density at radius 3 is 2.28 bits per heavy atom. The van der Waals surface area contributed by atoms with Crippen molar-refractivity contribution in [2.75, 3.05) is 19.7 Å². The minimum absolute atomic E-state index is 0.0110. The van der Waals surface area contributed by atoms with Crippen LogP contribution in [0.1, 0.15) is 24.8 Å². The molecule has 1 amide bonds. The number of likely N-dealkylation sites (tertiary alicyclic amines) is 1. The predicted octanol–water partition coefficient (Wildman–Crippen LogP) is 5.88. The number of aryl methyl sites for hydroxylation is 1. The van der Waals surface area contributed by atoms with Crippen LogP contribution in [-0.2, 0) is 11.2 Å². The molecular formula is C27H27F2NO2. The average Bonchev–Trinajstić information content (AvgIpc) is 2.82. The number of amides is 1. The monoisotopic (exact) mass is 435 g/mol. The molecule has 166 valence electrons. The third kappa shape index (κ3) is 5.72. The first-order valence-corrected chi connectivity index (χ1v) is 11.1. The van der Waals surface area contributed by atoms with Gasteiger partial charge in [-0.3, -0.25) is 4.79 Å². The minimum Gasteiger partial charge on any atom is -0.483 e. The molecule has 0 aliphatic carbocycles. The van der Waals surface area contributed by atoms with Crippen molar-refractivity contribution >= 4 is 5.91 Å². The largest absolute Gasteiger partial charge is 0.483 e. The maximum atomic E-state index is 13.4. The van der Waals surface area contributed by atoms with E-state index in [2.05, 4.69) is 0 Å². The minimum atomic E-state index is -0.533. The van der Waals surface area contributed by atoms with Gasteiger partial charge in [-0.05, 0) is 60.9 Å². The summed E-state index contributed by atoms with van der Waals surface area (Å²) in [4.78, 5) is 14.5. The van der Waals surface area contributed by atoms with Crippen molar-refractivity contribution in [2.24, 2.45) is 5.92 Å². The maximum absolute atomic E-state index is 13.4. The number of ether oxygens (including phenoxy) is 1. The van der Waals surface area contributed by atoms with Crippen molar-refractivity contribution in [3.63, 3.8) is 0 Å². The molecule has 1 fully saturated rings. The van der Waals surface area contributed by atoms with Gasteiger partial charge in [0.15, 0.2) is 6.61 Å². The van der Waals surface area contributed by atoms with E-state index in [4.69, 9.17) is 4.74 Å². The van der Waals surface area contributed by atoms with Gasteiger partial charge in [0.1, 0.15) is 17.4 Å². The number of benzene rings is 3. The molecule has 0 bridgehead atoms. The Hall–Kier alpha value is -3.21. The molecule has 1 aliphatic rings. The Labute approximate surface area is 187 Å². The average molecular weight is 436 g/mol. The van der Waals surface area contributed by atoms with Gasteiger partial charge in [0.2, 0.25) is 0 Å². The van der Waals surface area contributed by atoms with E-state index < -0.39 is 11.6 Å². The highest BCUT2D eigenvalue weighted by molar-refractivity contribution is 5.78. The third-order valence-electron chi connectivity index (χ3n) is 6.05. The number of hydrogen-bond acceptors (Lipinski definition) is 2. The molecule has 4 rings (SSSR count). The quantitative estimate of drug-likeness (QED) is 0.464. The number of nitrogens with zero attached hydrogens (tertiary/aromatic N) is 1. The first-order chi connectivity index (χ1) is 15.6. The fraction of sp³-hybridized carbons (Fsp3) is 0.296. The number of halogens is 2. The lowest BCUT2D eigenvalue weighted by molar-refractivity contribution is -0.134. The van der Waals surface area contributed by atoms with Gasteiger partial charge in [0.05, 0.1) is 0 Å². The van der Waals surface area contributed by atoms with Gasteiger partial charge >= 0.3 is 0 Å². The van der Waals surface area contributed by atoms with Gasteiger partial charge < -0.3 is 9.64 Å². The first kappa shape index (κ1) is 22.0. The summed E-state index contributed by atoms with van der Waals surface area (Å²) in [6.45, 7) is 1.38. The number of hydrogen-bond donors (Lipinski definition) is 0. The highest BCUT2D eigenvalue weighted by Gasteiger charge is 2.23. The zero-order chi connectivity index (χ0) is 22.3. The van der Waals surface area contributed by atoms with Gasteiger partial charge in [-0.15, -0.1) is 0 Å². The summed E-state index contributed by atoms with van der Waals surface area (Å²) >= 11 is 0. The molecule has 32 heavy (non-hydrogen) atoms. The third-order valence-corrected chi connectivity index (χ3v) is 6.05. The smallest absolute Gasteiger partial charge is 0.260 e. The summed E-state index contributed by atoms with van der Waals surface area (Å²) in [6, 6.07) is 21.4. The summed E-state index contributed by atoms with van der Waals surface area (Å²) < 4.78 is 32.6. The van der Waals surface area contributed by atoms with Gasteiger partial charge in [0.25, 0.3) is 5.91 Å². The zero-order valence-corrected chi connectivity index (χ0v) is 18.0. The molecule has 1 heterocycles. The van der Waals surface area contributed by atoms with Gasteiger partial charge in [0, 0.05) is 24.7 Å². The first-order valence-electron chi connectivity index (χ1n) is 11.1. The van der Waals surface area contributed by atoms with Crippen LogP contribution in [-0.4, -0.2) is 30.5 Å². The molecule has 0 aromatic heterocycles. The predicted molar refractivity (Wildman–Crippen MR) is 121 cm³/mol. The lowest BCUT2D eigenvalue weighted by atomic mass is 9.90. The molecule has 5 heteroatoms. The van der Waals surface area contributed by atoms with Crippen molar-refractivity contribution in [2.45, 2.75) is 25.7 Å². The highest BCUT2D eigenvalue weighted by Crippen LogP contribution is 2.30. The molecule has 3 nitrogen and oxygen atoms in total. The second-order valence-electron chi connectivity index (χ2n) is 8.29. The number of carbonyl (C=O) groups excluding carboxylic acids is 1. The van der Waals surface area contributed by atoms with E-state index in [0.29, 0.717) is 36.7 Å². The van der Waals surface area contributed by atoms with Gasteiger partial charge in [-0.1, -0.05) is 48.5 Å². The van der Waals surface area contributed by atoms with Crippen molar-refractivity contribution < 1.29 is 18.3 Å². The van der Waals surface area contributed by atoms with E-state index in [1.165, 1.54) is 12.1 Å². The molecule has 0 N–H and O–H groups in total. The van der Waals surface area contributed by atoms with Crippen LogP contribution in [0.3, 0.4) is 0 Å². The normalized spacial score (nSPS) is 14.4. The fourth-order valence-corrected chi connectivity index (χ4v) is 4.28. The van der Waals surface area contributed by atoms with Gasteiger partial charge in [-0.2, -0.15) is 0 Å². The second-order valence-corrected chi connectivity index (χ2v) is 8.29. The van der Waals surface area contributed by atoms with Gasteiger partial charge in [-0.25, -0.2) is 8.78 Å². The second kappa shape index (κ2) is 10.4. The van der Waals surface area contributed by atoms with E-state index in [0.717, 1.165) is 36.5 Å². The molecule has 3 aromatic rings. The Morgan fingerprint density at radius 1 is 0.906 bits per heavy atom. The lowest BCUT2D eigenvalue weighted by Crippen LogP contribution is -2.41. The van der Waals surface area contributed by atoms with Crippen LogP contribution in [0, 0.1) is 17.6 Å². The van der Waals surface area contributed by atoms with Crippen LogP contribution in [0.4, 0.5) is 8.78 Å². The summed E-state index contributed by atoms with van der Waals surface area (Å²) in [5.41, 5.74) is 2.70. The van der Waals surface area contributed by atoms with E-state index in [1.807, 2.05) is 59.5 Å². The van der Waals surface area contributed by atoms with E-state index >= 15 is 0 Å². The molecule has 0 saturated carbocycles. The molecule has 0 unspecified atom stereocenters. The fourth-order valence-electron chi connectivity index (χ4n) is 4.28. The van der Waals surface area contributed by atoms with Crippen molar-refractivity contribution in [1.29, 1.82) is 0 Å². The maximum Gasteiger partial charge on any atom is 0.260 e. The molecular weight excluding hydrogens is 408 g/mol. The number of rotatable bonds is 7. The van der Waals surface area contributed by atoms with Crippen LogP contribution in [0.15, 0.2) is 72.8 Å². The van der Waals surface area contributed by atoms with Crippen molar-refractivity contribution in [1.82, 2.24) is 4.90 Å². The topological polar surface area (TPSA) is 29.5 Å². The highest BCUT2D eigenvalue weighted by atomic mass is 19.1. The Morgan fingerprint density at radius 2 is 1.56 bits per heavy atom. The molecule has 0 radical (unpaired) electrons. The van der Waals surface area contributed by atoms with Crippen LogP contribution >= 0.6 is 0 Å². The zero-order valence-electron chi connectivity index (χ0n) is 18.0. The SMILES string of the molecule is O=C(COc1ccccc1-c1ccccc1)N1CCC(CCc2cc(F)cc(F)c2)CC1. The lowest BCUT2D eigenvalue weighted by Gasteiger charge is -2.32. The summed E-state index contributed by atoms with van der Waals surface area (Å²) in [7, 11) is 0. The van der Waals surface area contributed by atoms with Crippen molar-refractivity contribution in [3.8, 4) is 16.9 Å². The van der Waals surface area contributed by atoms with Crippen molar-refractivity contribution in [3.05, 3.63) is 90.0 Å². The Balaban J connectivity index is 1.26. The van der Waals surface area contributed by atoms with E-state index in [9.17, 15) is 13.6 Å². The standard InChI is InChI=1S/C27H27F2NO2/c28-23-16-21(17-24(29)18-23)11-10-20-12-14-30(15-13-20)27(31)19-32-26-9-5-4-8-25(26)22-6-2-1-3-7-22/h1-9,16-18,20H,10-15,19H2. The molecule has 0 spiro atoms. The van der Waals surface area contributed by atoms with Crippen LogP contribution in [0.25, 0.3) is 11.1 Å². The molecule has 3 aromatic carbocycles. The Kier molecular flexibility index (Phi) is 7.15. The van der Waals surface area contributed by atoms with E-state index in [1.54, 1.807) is 0 Å². The number of carbonyl (C=O) groups is 1. The van der Waals surface area contributed by atoms with Crippen LogP contribution in [0.5, 0.6) is 5.75 Å². The number of piperidine rings is 1.